The molecule has 21 heavy (non-hydrogen) atoms. The molecule has 1 aliphatic rings. The van der Waals surface area contributed by atoms with Gasteiger partial charge in [-0.1, -0.05) is 24.3 Å². The van der Waals surface area contributed by atoms with Crippen molar-refractivity contribution in [3.05, 3.63) is 59.0 Å². The Balaban J connectivity index is 2.21. The van der Waals surface area contributed by atoms with Crippen molar-refractivity contribution in [3.63, 3.8) is 0 Å². The summed E-state index contributed by atoms with van der Waals surface area (Å²) in [5, 5.41) is 21.3. The number of benzene rings is 2. The van der Waals surface area contributed by atoms with Gasteiger partial charge in [0.2, 0.25) is 11.6 Å². The van der Waals surface area contributed by atoms with E-state index in [0.717, 1.165) is 0 Å². The topological polar surface area (TPSA) is 87.7 Å². The smallest absolute Gasteiger partial charge is 0.233 e. The Kier molecular flexibility index (Phi) is 2.08. The number of aromatic hydroxyl groups is 2. The van der Waals surface area contributed by atoms with Crippen LogP contribution in [0.15, 0.2) is 41.0 Å². The average molecular weight is 280 g/mol. The zero-order valence-corrected chi connectivity index (χ0v) is 10.6. The van der Waals surface area contributed by atoms with Crippen LogP contribution in [0.1, 0.15) is 32.0 Å². The van der Waals surface area contributed by atoms with Crippen molar-refractivity contribution in [2.24, 2.45) is 0 Å². The molecule has 5 heteroatoms. The van der Waals surface area contributed by atoms with Crippen LogP contribution in [0.2, 0.25) is 0 Å². The number of hydrogen-bond donors (Lipinski definition) is 2. The number of phenolic OH excluding ortho intramolecular Hbond substituents is 2. The van der Waals surface area contributed by atoms with E-state index in [-0.39, 0.29) is 33.9 Å². The summed E-state index contributed by atoms with van der Waals surface area (Å²) in [6, 6.07) is 7.87. The van der Waals surface area contributed by atoms with Crippen molar-refractivity contribution in [2.45, 2.75) is 0 Å². The van der Waals surface area contributed by atoms with E-state index in [1.165, 1.54) is 12.3 Å². The van der Waals surface area contributed by atoms with Gasteiger partial charge in [-0.05, 0) is 6.07 Å². The largest absolute Gasteiger partial charge is 0.506 e. The summed E-state index contributed by atoms with van der Waals surface area (Å²) in [6.07, 6.45) is 1.24. The molecule has 2 N–H and O–H groups in total. The molecule has 4 rings (SSSR count). The Bertz CT molecular complexity index is 874. The highest BCUT2D eigenvalue weighted by molar-refractivity contribution is 6.31. The van der Waals surface area contributed by atoms with Crippen molar-refractivity contribution in [1.82, 2.24) is 0 Å². The third-order valence-electron chi connectivity index (χ3n) is 3.73. The lowest BCUT2D eigenvalue weighted by atomic mass is 9.85. The van der Waals surface area contributed by atoms with Gasteiger partial charge in [-0.25, -0.2) is 0 Å². The molecule has 1 aromatic heterocycles. The summed E-state index contributed by atoms with van der Waals surface area (Å²) >= 11 is 0. The van der Waals surface area contributed by atoms with Crippen LogP contribution < -0.4 is 0 Å². The predicted octanol–water partition coefficient (Wildman–Crippen LogP) is 2.62. The van der Waals surface area contributed by atoms with Crippen LogP contribution in [0.4, 0.5) is 0 Å². The number of carbonyl (C=O) groups excluding carboxylic acids is 2. The number of phenols is 2. The highest BCUT2D eigenvalue weighted by Gasteiger charge is 2.38. The van der Waals surface area contributed by atoms with E-state index in [9.17, 15) is 19.8 Å². The fraction of sp³-hybridized carbons (Fsp3) is 0. The molecule has 0 saturated heterocycles. The van der Waals surface area contributed by atoms with Gasteiger partial charge in [0.15, 0.2) is 5.76 Å². The molecule has 0 aliphatic heterocycles. The minimum absolute atomic E-state index is 0.0949. The second-order valence-corrected chi connectivity index (χ2v) is 4.81. The number of carbonyl (C=O) groups is 2. The molecule has 0 amide bonds. The van der Waals surface area contributed by atoms with E-state index < -0.39 is 11.6 Å². The van der Waals surface area contributed by atoms with E-state index in [1.54, 1.807) is 24.3 Å². The van der Waals surface area contributed by atoms with E-state index in [2.05, 4.69) is 0 Å². The summed E-state index contributed by atoms with van der Waals surface area (Å²) < 4.78 is 5.04. The van der Waals surface area contributed by atoms with Crippen molar-refractivity contribution in [1.29, 1.82) is 0 Å². The lowest BCUT2D eigenvalue weighted by Gasteiger charge is -2.18. The van der Waals surface area contributed by atoms with Crippen LogP contribution >= 0.6 is 0 Å². The maximum atomic E-state index is 12.4. The first-order valence-electron chi connectivity index (χ1n) is 6.24. The molecule has 1 aliphatic carbocycles. The second-order valence-electron chi connectivity index (χ2n) is 4.81. The first-order chi connectivity index (χ1) is 10.1. The van der Waals surface area contributed by atoms with E-state index >= 15 is 0 Å². The molecule has 0 fully saturated rings. The maximum absolute atomic E-state index is 12.4. The summed E-state index contributed by atoms with van der Waals surface area (Å²) in [5.41, 5.74) is -0.291. The van der Waals surface area contributed by atoms with Gasteiger partial charge >= 0.3 is 0 Å². The highest BCUT2D eigenvalue weighted by atomic mass is 16.3. The fourth-order valence-electron chi connectivity index (χ4n) is 2.76. The number of rotatable bonds is 0. The lowest BCUT2D eigenvalue weighted by Crippen LogP contribution is -2.19. The van der Waals surface area contributed by atoms with Crippen LogP contribution in [0, 0.1) is 0 Å². The zero-order valence-electron chi connectivity index (χ0n) is 10.6. The third-order valence-corrected chi connectivity index (χ3v) is 3.73. The molecule has 0 spiro atoms. The second kappa shape index (κ2) is 3.73. The van der Waals surface area contributed by atoms with Gasteiger partial charge in [-0.15, -0.1) is 0 Å². The van der Waals surface area contributed by atoms with Crippen molar-refractivity contribution < 1.29 is 24.2 Å². The normalized spacial score (nSPS) is 13.3. The van der Waals surface area contributed by atoms with Gasteiger partial charge in [0.25, 0.3) is 0 Å². The Morgan fingerprint density at radius 1 is 0.810 bits per heavy atom. The zero-order chi connectivity index (χ0) is 14.7. The Morgan fingerprint density at radius 3 is 2.00 bits per heavy atom. The Labute approximate surface area is 118 Å². The summed E-state index contributed by atoms with van der Waals surface area (Å²) in [7, 11) is 0. The molecule has 102 valence electrons. The van der Waals surface area contributed by atoms with Gasteiger partial charge in [0.1, 0.15) is 11.5 Å². The molecule has 2 aromatic carbocycles. The van der Waals surface area contributed by atoms with E-state index in [0.29, 0.717) is 10.8 Å². The van der Waals surface area contributed by atoms with Crippen LogP contribution in [-0.2, 0) is 0 Å². The molecule has 5 nitrogen and oxygen atoms in total. The van der Waals surface area contributed by atoms with Crippen LogP contribution in [-0.4, -0.2) is 21.8 Å². The number of hydrogen-bond acceptors (Lipinski definition) is 5. The molecule has 0 unspecified atom stereocenters. The summed E-state index contributed by atoms with van der Waals surface area (Å²) in [5.74, 6) is -1.88. The SMILES string of the molecule is O=C1c2ccoc2C(=O)c2c1c(O)c1ccccc1c2O. The molecule has 0 saturated carbocycles. The Hall–Kier alpha value is -3.08. The van der Waals surface area contributed by atoms with Gasteiger partial charge in [0, 0.05) is 10.8 Å². The molecule has 1 heterocycles. The predicted molar refractivity (Wildman–Crippen MR) is 72.9 cm³/mol. The molecular weight excluding hydrogens is 272 g/mol. The average Bonchev–Trinajstić information content (AvgIpc) is 2.98. The van der Waals surface area contributed by atoms with Crippen LogP contribution in [0.5, 0.6) is 11.5 Å². The van der Waals surface area contributed by atoms with Crippen LogP contribution in [0.3, 0.4) is 0 Å². The summed E-state index contributed by atoms with van der Waals surface area (Å²) in [4.78, 5) is 24.9. The number of ketones is 2. The fourth-order valence-corrected chi connectivity index (χ4v) is 2.76. The molecule has 0 atom stereocenters. The number of furan rings is 1. The van der Waals surface area contributed by atoms with Crippen molar-refractivity contribution in [3.8, 4) is 11.5 Å². The molecule has 3 aromatic rings. The molecular formula is C16H8O5. The van der Waals surface area contributed by atoms with E-state index in [1.807, 2.05) is 0 Å². The van der Waals surface area contributed by atoms with Gasteiger partial charge in [0.05, 0.1) is 23.0 Å². The third kappa shape index (κ3) is 1.30. The quantitative estimate of drug-likeness (QED) is 0.483. The standard InChI is InChI=1S/C16H8O5/c17-12-7-3-1-2-4-8(7)13(18)11-10(12)14(19)9-5-6-21-16(9)15(11)20/h1-6,17-18H. The minimum atomic E-state index is -0.608. The number of fused-ring (bicyclic) bond motifs is 3. The Morgan fingerprint density at radius 2 is 1.38 bits per heavy atom. The highest BCUT2D eigenvalue weighted by Crippen LogP contribution is 2.44. The summed E-state index contributed by atoms with van der Waals surface area (Å²) in [6.45, 7) is 0. The lowest BCUT2D eigenvalue weighted by molar-refractivity contribution is 0.0956. The molecule has 0 bridgehead atoms. The molecule has 0 radical (unpaired) electrons. The van der Waals surface area contributed by atoms with Crippen molar-refractivity contribution >= 4 is 22.3 Å². The minimum Gasteiger partial charge on any atom is -0.506 e. The van der Waals surface area contributed by atoms with Crippen molar-refractivity contribution in [2.75, 3.05) is 0 Å². The van der Waals surface area contributed by atoms with Gasteiger partial charge in [-0.2, -0.15) is 0 Å². The van der Waals surface area contributed by atoms with E-state index in [4.69, 9.17) is 4.42 Å². The van der Waals surface area contributed by atoms with Gasteiger partial charge < -0.3 is 14.6 Å². The maximum Gasteiger partial charge on any atom is 0.233 e. The monoisotopic (exact) mass is 280 g/mol. The first kappa shape index (κ1) is 11.7. The van der Waals surface area contributed by atoms with Crippen LogP contribution in [0.25, 0.3) is 10.8 Å². The van der Waals surface area contributed by atoms with Gasteiger partial charge in [-0.3, -0.25) is 9.59 Å². The first-order valence-corrected chi connectivity index (χ1v) is 6.24.